The van der Waals surface area contributed by atoms with E-state index in [1.807, 2.05) is 40.0 Å². The van der Waals surface area contributed by atoms with Crippen LogP contribution in [0.5, 0.6) is 0 Å². The molecule has 1 amide bonds. The lowest BCUT2D eigenvalue weighted by molar-refractivity contribution is 0.0722. The van der Waals surface area contributed by atoms with E-state index in [1.54, 1.807) is 12.5 Å². The Labute approximate surface area is 127 Å². The minimum Gasteiger partial charge on any atom is -0.345 e. The normalized spacial score (nSPS) is 18.2. The quantitative estimate of drug-likeness (QED) is 0.804. The number of fused-ring (bicyclic) bond motifs is 1. The third-order valence-corrected chi connectivity index (χ3v) is 4.26. The number of imidazole rings is 1. The van der Waals surface area contributed by atoms with Crippen molar-refractivity contribution in [2.45, 2.75) is 25.4 Å². The van der Waals surface area contributed by atoms with Gasteiger partial charge in [-0.25, -0.2) is 4.98 Å². The minimum atomic E-state index is 0.0890. The number of amides is 1. The van der Waals surface area contributed by atoms with Gasteiger partial charge < -0.3 is 9.88 Å². The van der Waals surface area contributed by atoms with Crippen molar-refractivity contribution >= 4 is 16.9 Å². The lowest BCUT2D eigenvalue weighted by atomic mass is 10.1. The molecule has 3 heterocycles. The third-order valence-electron chi connectivity index (χ3n) is 4.26. The van der Waals surface area contributed by atoms with Crippen molar-refractivity contribution in [3.05, 3.63) is 48.5 Å². The Morgan fingerprint density at radius 3 is 3.23 bits per heavy atom. The second-order valence-electron chi connectivity index (χ2n) is 5.66. The second-order valence-corrected chi connectivity index (χ2v) is 5.66. The molecule has 112 valence electrons. The van der Waals surface area contributed by atoms with Gasteiger partial charge in [0.25, 0.3) is 5.91 Å². The molecular formula is C16H17N5O. The molecule has 1 aromatic carbocycles. The molecule has 1 aliphatic heterocycles. The average Bonchev–Trinajstić information content (AvgIpc) is 3.27. The Balaban J connectivity index is 1.57. The lowest BCUT2D eigenvalue weighted by Crippen LogP contribution is -2.38. The molecule has 1 saturated heterocycles. The largest absolute Gasteiger partial charge is 0.345 e. The predicted octanol–water partition coefficient (Wildman–Crippen LogP) is 2.06. The lowest BCUT2D eigenvalue weighted by Gasteiger charge is -2.24. The smallest absolute Gasteiger partial charge is 0.254 e. The number of carbonyl (C=O) groups is 1. The molecule has 1 atom stereocenters. The van der Waals surface area contributed by atoms with E-state index in [4.69, 9.17) is 0 Å². The highest BCUT2D eigenvalue weighted by Crippen LogP contribution is 2.22. The summed E-state index contributed by atoms with van der Waals surface area (Å²) < 4.78 is 1.90. The number of nitrogens with one attached hydrogen (secondary N) is 1. The fraction of sp³-hybridized carbons (Fsp3) is 0.312. The molecule has 22 heavy (non-hydrogen) atoms. The van der Waals surface area contributed by atoms with Crippen LogP contribution in [0.25, 0.3) is 11.0 Å². The number of benzene rings is 1. The van der Waals surface area contributed by atoms with E-state index in [2.05, 4.69) is 15.1 Å². The van der Waals surface area contributed by atoms with Gasteiger partial charge in [0.15, 0.2) is 0 Å². The summed E-state index contributed by atoms with van der Waals surface area (Å²) >= 11 is 0. The third kappa shape index (κ3) is 2.26. The van der Waals surface area contributed by atoms with Crippen molar-refractivity contribution in [2.75, 3.05) is 6.54 Å². The number of rotatable bonds is 3. The molecule has 0 bridgehead atoms. The molecule has 6 nitrogen and oxygen atoms in total. The summed E-state index contributed by atoms with van der Waals surface area (Å²) in [5.41, 5.74) is 2.49. The van der Waals surface area contributed by atoms with Gasteiger partial charge in [-0.2, -0.15) is 5.10 Å². The van der Waals surface area contributed by atoms with Gasteiger partial charge in [-0.15, -0.1) is 0 Å². The molecule has 4 rings (SSSR count). The van der Waals surface area contributed by atoms with Crippen LogP contribution in [0.3, 0.4) is 0 Å². The van der Waals surface area contributed by atoms with E-state index in [0.717, 1.165) is 37.0 Å². The van der Waals surface area contributed by atoms with Crippen LogP contribution in [0.1, 0.15) is 23.2 Å². The minimum absolute atomic E-state index is 0.0890. The average molecular weight is 295 g/mol. The van der Waals surface area contributed by atoms with Gasteiger partial charge >= 0.3 is 0 Å². The number of likely N-dealkylation sites (tertiary alicyclic amines) is 1. The summed E-state index contributed by atoms with van der Waals surface area (Å²) in [6, 6.07) is 7.75. The highest BCUT2D eigenvalue weighted by molar-refractivity contribution is 5.97. The highest BCUT2D eigenvalue weighted by Gasteiger charge is 2.29. The van der Waals surface area contributed by atoms with E-state index < -0.39 is 0 Å². The van der Waals surface area contributed by atoms with Crippen LogP contribution in [-0.4, -0.2) is 43.1 Å². The Morgan fingerprint density at radius 2 is 2.36 bits per heavy atom. The first-order valence-electron chi connectivity index (χ1n) is 7.53. The zero-order valence-electron chi connectivity index (χ0n) is 12.1. The summed E-state index contributed by atoms with van der Waals surface area (Å²) in [5.74, 6) is 0.0890. The van der Waals surface area contributed by atoms with Crippen molar-refractivity contribution < 1.29 is 4.79 Å². The topological polar surface area (TPSA) is 66.8 Å². The van der Waals surface area contributed by atoms with Crippen molar-refractivity contribution in [1.29, 1.82) is 0 Å². The van der Waals surface area contributed by atoms with Gasteiger partial charge in [-0.3, -0.25) is 9.48 Å². The number of hydrogen-bond acceptors (Lipinski definition) is 3. The van der Waals surface area contributed by atoms with Crippen molar-refractivity contribution in [3.63, 3.8) is 0 Å². The van der Waals surface area contributed by atoms with Crippen LogP contribution in [0.4, 0.5) is 0 Å². The summed E-state index contributed by atoms with van der Waals surface area (Å²) in [7, 11) is 0. The molecule has 2 aromatic heterocycles. The molecule has 0 radical (unpaired) electrons. The maximum atomic E-state index is 12.8. The number of hydrogen-bond donors (Lipinski definition) is 1. The van der Waals surface area contributed by atoms with Gasteiger partial charge in [0, 0.05) is 24.5 Å². The molecule has 3 aromatic rings. The summed E-state index contributed by atoms with van der Waals surface area (Å²) in [5, 5.41) is 4.25. The number of carbonyl (C=O) groups excluding carboxylic acids is 1. The van der Waals surface area contributed by atoms with E-state index in [0.29, 0.717) is 5.56 Å². The van der Waals surface area contributed by atoms with Gasteiger partial charge in [0.2, 0.25) is 0 Å². The summed E-state index contributed by atoms with van der Waals surface area (Å²) in [6.45, 7) is 1.57. The van der Waals surface area contributed by atoms with Crippen LogP contribution < -0.4 is 0 Å². The van der Waals surface area contributed by atoms with Crippen LogP contribution in [-0.2, 0) is 6.54 Å². The first kappa shape index (κ1) is 13.1. The molecule has 0 aliphatic carbocycles. The van der Waals surface area contributed by atoms with Crippen LogP contribution in [0, 0.1) is 0 Å². The van der Waals surface area contributed by atoms with Gasteiger partial charge in [0.1, 0.15) is 0 Å². The number of nitrogens with zero attached hydrogens (tertiary/aromatic N) is 4. The van der Waals surface area contributed by atoms with Crippen LogP contribution in [0.2, 0.25) is 0 Å². The number of aromatic amines is 1. The maximum absolute atomic E-state index is 12.8. The number of H-pyrrole nitrogens is 1. The molecular weight excluding hydrogens is 278 g/mol. The predicted molar refractivity (Wildman–Crippen MR) is 82.4 cm³/mol. The van der Waals surface area contributed by atoms with E-state index in [-0.39, 0.29) is 11.9 Å². The Morgan fingerprint density at radius 1 is 1.41 bits per heavy atom. The maximum Gasteiger partial charge on any atom is 0.254 e. The number of aromatic nitrogens is 4. The highest BCUT2D eigenvalue weighted by atomic mass is 16.2. The molecule has 1 aliphatic rings. The van der Waals surface area contributed by atoms with E-state index >= 15 is 0 Å². The molecule has 1 fully saturated rings. The summed E-state index contributed by atoms with van der Waals surface area (Å²) in [4.78, 5) is 22.0. The van der Waals surface area contributed by atoms with Gasteiger partial charge in [-0.05, 0) is 37.1 Å². The first-order chi connectivity index (χ1) is 10.8. The Hall–Kier alpha value is -2.63. The van der Waals surface area contributed by atoms with Crippen LogP contribution >= 0.6 is 0 Å². The van der Waals surface area contributed by atoms with Crippen molar-refractivity contribution in [3.8, 4) is 0 Å². The first-order valence-corrected chi connectivity index (χ1v) is 7.53. The fourth-order valence-corrected chi connectivity index (χ4v) is 3.15. The SMILES string of the molecule is O=C(c1ccc2nc[nH]c2c1)N1CCC[C@@H]1Cn1cccn1. The summed E-state index contributed by atoms with van der Waals surface area (Å²) in [6.07, 6.45) is 7.43. The van der Waals surface area contributed by atoms with Crippen LogP contribution in [0.15, 0.2) is 43.0 Å². The van der Waals surface area contributed by atoms with E-state index in [9.17, 15) is 4.79 Å². The van der Waals surface area contributed by atoms with Gasteiger partial charge in [-0.1, -0.05) is 0 Å². The zero-order valence-corrected chi connectivity index (χ0v) is 12.1. The fourth-order valence-electron chi connectivity index (χ4n) is 3.15. The Kier molecular flexibility index (Phi) is 3.14. The van der Waals surface area contributed by atoms with Crippen molar-refractivity contribution in [2.24, 2.45) is 0 Å². The van der Waals surface area contributed by atoms with Gasteiger partial charge in [0.05, 0.1) is 29.9 Å². The molecule has 6 heteroatoms. The zero-order chi connectivity index (χ0) is 14.9. The van der Waals surface area contributed by atoms with E-state index in [1.165, 1.54) is 0 Å². The van der Waals surface area contributed by atoms with Crippen molar-refractivity contribution in [1.82, 2.24) is 24.6 Å². The molecule has 0 saturated carbocycles. The molecule has 0 spiro atoms. The standard InChI is InChI=1S/C16H17N5O/c22-16(12-4-5-14-15(9-12)18-11-17-14)21-8-1-3-13(21)10-20-7-2-6-19-20/h2,4-7,9,11,13H,1,3,8,10H2,(H,17,18)/t13-/m1/s1. The monoisotopic (exact) mass is 295 g/mol. The second kappa shape index (κ2) is 5.29. The molecule has 1 N–H and O–H groups in total. The molecule has 0 unspecified atom stereocenters. The Bertz CT molecular complexity index is 792.